The predicted molar refractivity (Wildman–Crippen MR) is 57.1 cm³/mol. The topological polar surface area (TPSA) is 0 Å². The second kappa shape index (κ2) is 5.61. The molecule has 0 rings (SSSR count). The first-order valence-electron chi connectivity index (χ1n) is 5.35. The summed E-state index contributed by atoms with van der Waals surface area (Å²) in [6, 6.07) is 0. The normalized spacial score (nSPS) is 14.8. The molecule has 0 aliphatic heterocycles. The van der Waals surface area contributed by atoms with E-state index in [4.69, 9.17) is 0 Å². The highest BCUT2D eigenvalue weighted by Gasteiger charge is 2.22. The largest absolute Gasteiger partial charge is 0.0654 e. The van der Waals surface area contributed by atoms with Gasteiger partial charge in [-0.15, -0.1) is 0 Å². The van der Waals surface area contributed by atoms with E-state index in [0.717, 1.165) is 5.92 Å². The van der Waals surface area contributed by atoms with Crippen molar-refractivity contribution < 1.29 is 0 Å². The minimum absolute atomic E-state index is 0.424. The molecular weight excluding hydrogens is 144 g/mol. The van der Waals surface area contributed by atoms with Crippen LogP contribution < -0.4 is 0 Å². The fourth-order valence-electron chi connectivity index (χ4n) is 1.36. The lowest BCUT2D eigenvalue weighted by Crippen LogP contribution is -2.20. The molecule has 0 fully saturated rings. The van der Waals surface area contributed by atoms with Gasteiger partial charge in [-0.05, 0) is 17.8 Å². The Kier molecular flexibility index (Phi) is 5.61. The molecule has 73 valence electrons. The Morgan fingerprint density at radius 1 is 1.25 bits per heavy atom. The van der Waals surface area contributed by atoms with Crippen molar-refractivity contribution in [3.8, 4) is 0 Å². The van der Waals surface area contributed by atoms with Crippen molar-refractivity contribution in [1.29, 1.82) is 0 Å². The highest BCUT2D eigenvalue weighted by molar-refractivity contribution is 4.85. The minimum atomic E-state index is 0.424. The summed E-state index contributed by atoms with van der Waals surface area (Å²) in [4.78, 5) is 0. The Labute approximate surface area is 78.8 Å². The lowest BCUT2D eigenvalue weighted by atomic mass is 9.75. The molecule has 0 N–H and O–H groups in total. The second-order valence-corrected chi connectivity index (χ2v) is 4.51. The number of rotatable bonds is 6. The molecule has 0 aliphatic rings. The van der Waals surface area contributed by atoms with E-state index in [1.165, 1.54) is 25.7 Å². The summed E-state index contributed by atoms with van der Waals surface area (Å²) in [5, 5.41) is 0. The third-order valence-electron chi connectivity index (χ3n) is 3.25. The minimum Gasteiger partial charge on any atom is -0.0654 e. The molecule has 1 radical (unpaired) electrons. The van der Waals surface area contributed by atoms with Gasteiger partial charge in [-0.2, -0.15) is 0 Å². The molecule has 0 bridgehead atoms. The first-order chi connectivity index (χ1) is 5.54. The monoisotopic (exact) mass is 169 g/mol. The van der Waals surface area contributed by atoms with E-state index in [-0.39, 0.29) is 0 Å². The fourth-order valence-corrected chi connectivity index (χ4v) is 1.36. The van der Waals surface area contributed by atoms with E-state index >= 15 is 0 Å². The smallest absolute Gasteiger partial charge is 0.0300 e. The third-order valence-corrected chi connectivity index (χ3v) is 3.25. The maximum Gasteiger partial charge on any atom is -0.0300 e. The molecule has 0 aromatic carbocycles. The number of hydrogen-bond acceptors (Lipinski definition) is 0. The van der Waals surface area contributed by atoms with Crippen molar-refractivity contribution in [3.63, 3.8) is 0 Å². The van der Waals surface area contributed by atoms with Crippen LogP contribution in [0.1, 0.15) is 60.3 Å². The van der Waals surface area contributed by atoms with Crippen molar-refractivity contribution >= 4 is 0 Å². The van der Waals surface area contributed by atoms with Gasteiger partial charge in [0.2, 0.25) is 0 Å². The highest BCUT2D eigenvalue weighted by Crippen LogP contribution is 2.32. The zero-order valence-corrected chi connectivity index (χ0v) is 9.48. The van der Waals surface area contributed by atoms with E-state index < -0.39 is 0 Å². The standard InChI is InChI=1S/C12H25/c1-6-8-9-10-11(3)12(4,5)7-2/h7,11H,6,8-10H2,1-5H3. The molecule has 0 spiro atoms. The van der Waals surface area contributed by atoms with Crippen LogP contribution in [0.25, 0.3) is 0 Å². The summed E-state index contributed by atoms with van der Waals surface area (Å²) in [6.07, 6.45) is 7.84. The Morgan fingerprint density at radius 2 is 1.83 bits per heavy atom. The average molecular weight is 169 g/mol. The van der Waals surface area contributed by atoms with E-state index in [2.05, 4.69) is 41.0 Å². The molecule has 0 aromatic rings. The van der Waals surface area contributed by atoms with Crippen LogP contribution in [-0.4, -0.2) is 0 Å². The average Bonchev–Trinajstić information content (AvgIpc) is 2.05. The molecule has 0 amide bonds. The van der Waals surface area contributed by atoms with Gasteiger partial charge >= 0.3 is 0 Å². The highest BCUT2D eigenvalue weighted by atomic mass is 14.3. The second-order valence-electron chi connectivity index (χ2n) is 4.51. The van der Waals surface area contributed by atoms with Crippen molar-refractivity contribution in [2.75, 3.05) is 0 Å². The first kappa shape index (κ1) is 12.0. The van der Waals surface area contributed by atoms with Gasteiger partial charge < -0.3 is 0 Å². The summed E-state index contributed by atoms with van der Waals surface area (Å²) in [7, 11) is 0. The van der Waals surface area contributed by atoms with Gasteiger partial charge in [0.1, 0.15) is 0 Å². The maximum atomic E-state index is 2.37. The van der Waals surface area contributed by atoms with Crippen molar-refractivity contribution in [2.24, 2.45) is 11.3 Å². The van der Waals surface area contributed by atoms with Gasteiger partial charge in [0, 0.05) is 0 Å². The van der Waals surface area contributed by atoms with Crippen molar-refractivity contribution in [3.05, 3.63) is 6.42 Å². The van der Waals surface area contributed by atoms with Gasteiger partial charge in [0.15, 0.2) is 0 Å². The fraction of sp³-hybridized carbons (Fsp3) is 0.917. The lowest BCUT2D eigenvalue weighted by Gasteiger charge is -2.30. The first-order valence-corrected chi connectivity index (χ1v) is 5.35. The van der Waals surface area contributed by atoms with Crippen LogP contribution in [0.15, 0.2) is 0 Å². The molecule has 0 saturated carbocycles. The number of hydrogen-bond donors (Lipinski definition) is 0. The zero-order valence-electron chi connectivity index (χ0n) is 9.48. The van der Waals surface area contributed by atoms with Gasteiger partial charge in [-0.1, -0.05) is 60.3 Å². The molecule has 1 unspecified atom stereocenters. The van der Waals surface area contributed by atoms with Gasteiger partial charge in [0.25, 0.3) is 0 Å². The van der Waals surface area contributed by atoms with Crippen LogP contribution in [0.3, 0.4) is 0 Å². The van der Waals surface area contributed by atoms with Crippen LogP contribution >= 0.6 is 0 Å². The van der Waals surface area contributed by atoms with E-state index in [1.807, 2.05) is 0 Å². The van der Waals surface area contributed by atoms with Crippen molar-refractivity contribution in [1.82, 2.24) is 0 Å². The Morgan fingerprint density at radius 3 is 2.25 bits per heavy atom. The number of unbranched alkanes of at least 4 members (excludes halogenated alkanes) is 2. The Bertz CT molecular complexity index is 103. The van der Waals surface area contributed by atoms with E-state index in [9.17, 15) is 0 Å². The summed E-state index contributed by atoms with van der Waals surface area (Å²) >= 11 is 0. The van der Waals surface area contributed by atoms with Crippen LogP contribution in [-0.2, 0) is 0 Å². The summed E-state index contributed by atoms with van der Waals surface area (Å²) in [5.74, 6) is 0.828. The van der Waals surface area contributed by atoms with E-state index in [0.29, 0.717) is 5.41 Å². The van der Waals surface area contributed by atoms with Crippen LogP contribution in [0.5, 0.6) is 0 Å². The molecule has 0 aliphatic carbocycles. The van der Waals surface area contributed by atoms with Gasteiger partial charge in [-0.25, -0.2) is 0 Å². The zero-order chi connectivity index (χ0) is 9.61. The Balaban J connectivity index is 3.63. The molecule has 0 heteroatoms. The predicted octanol–water partition coefficient (Wildman–Crippen LogP) is 4.45. The molecular formula is C12H25. The van der Waals surface area contributed by atoms with Gasteiger partial charge in [-0.3, -0.25) is 0 Å². The Hall–Kier alpha value is 0. The lowest BCUT2D eigenvalue weighted by molar-refractivity contribution is 0.258. The summed E-state index contributed by atoms with van der Waals surface area (Å²) in [6.45, 7) is 11.5. The maximum absolute atomic E-state index is 2.37. The van der Waals surface area contributed by atoms with Crippen molar-refractivity contribution in [2.45, 2.75) is 60.3 Å². The molecule has 0 nitrogen and oxygen atoms in total. The molecule has 0 aromatic heterocycles. The molecule has 1 atom stereocenters. The van der Waals surface area contributed by atoms with Crippen LogP contribution in [0, 0.1) is 17.8 Å². The third kappa shape index (κ3) is 4.13. The summed E-state index contributed by atoms with van der Waals surface area (Å²) in [5.41, 5.74) is 0.424. The van der Waals surface area contributed by atoms with Crippen LogP contribution in [0.4, 0.5) is 0 Å². The van der Waals surface area contributed by atoms with E-state index in [1.54, 1.807) is 0 Å². The molecule has 0 heterocycles. The van der Waals surface area contributed by atoms with Crippen LogP contribution in [0.2, 0.25) is 0 Å². The molecule has 0 saturated heterocycles. The summed E-state index contributed by atoms with van der Waals surface area (Å²) < 4.78 is 0. The van der Waals surface area contributed by atoms with Gasteiger partial charge in [0.05, 0.1) is 0 Å². The quantitative estimate of drug-likeness (QED) is 0.515. The molecule has 12 heavy (non-hydrogen) atoms. The SMILES string of the molecule is C[CH]C(C)(C)C(C)CCCCC.